The summed E-state index contributed by atoms with van der Waals surface area (Å²) < 4.78 is 5.49. The van der Waals surface area contributed by atoms with E-state index >= 15 is 0 Å². The van der Waals surface area contributed by atoms with Gasteiger partial charge in [0.15, 0.2) is 0 Å². The monoisotopic (exact) mass is 1000 g/mol. The van der Waals surface area contributed by atoms with Gasteiger partial charge in [0.05, 0.1) is 25.4 Å². The van der Waals surface area contributed by atoms with Crippen LogP contribution in [0.25, 0.3) is 0 Å². The molecule has 0 aliphatic heterocycles. The molecular weight excluding hydrogens is 875 g/mol. The fourth-order valence-electron chi connectivity index (χ4n) is 10.3. The zero-order valence-corrected chi connectivity index (χ0v) is 48.2. The SMILES string of the molecule is CCCCCCCCCCCCCCCCCCCCCCCC(O)C(CO)NC(=O)CCCCCCC/C=C\CCCCCCCCCOC(=O)CCCCCCCCCCCCCCCCCCC. The Hall–Kier alpha value is -1.40. The Bertz CT molecular complexity index is 1060. The predicted molar refractivity (Wildman–Crippen MR) is 310 cm³/mol. The molecule has 71 heavy (non-hydrogen) atoms. The van der Waals surface area contributed by atoms with E-state index in [-0.39, 0.29) is 18.5 Å². The molecule has 0 aromatic heterocycles. The Morgan fingerprint density at radius 1 is 0.380 bits per heavy atom. The predicted octanol–water partition coefficient (Wildman–Crippen LogP) is 20.4. The quantitative estimate of drug-likeness (QED) is 0.0320. The fourth-order valence-corrected chi connectivity index (χ4v) is 10.3. The third kappa shape index (κ3) is 57.7. The number of allylic oxidation sites excluding steroid dienone is 2. The molecule has 0 fully saturated rings. The van der Waals surface area contributed by atoms with Gasteiger partial charge in [-0.3, -0.25) is 9.59 Å². The van der Waals surface area contributed by atoms with Crippen LogP contribution in [0.15, 0.2) is 12.2 Å². The highest BCUT2D eigenvalue weighted by atomic mass is 16.5. The normalized spacial score (nSPS) is 12.6. The van der Waals surface area contributed by atoms with Crippen LogP contribution in [-0.4, -0.2) is 47.4 Å². The van der Waals surface area contributed by atoms with Gasteiger partial charge in [-0.25, -0.2) is 0 Å². The second-order valence-electron chi connectivity index (χ2n) is 22.5. The van der Waals surface area contributed by atoms with Crippen molar-refractivity contribution in [3.8, 4) is 0 Å². The highest BCUT2D eigenvalue weighted by molar-refractivity contribution is 5.76. The third-order valence-corrected chi connectivity index (χ3v) is 15.3. The minimum Gasteiger partial charge on any atom is -0.466 e. The number of amides is 1. The Balaban J connectivity index is 3.44. The third-order valence-electron chi connectivity index (χ3n) is 15.3. The summed E-state index contributed by atoms with van der Waals surface area (Å²) in [5.41, 5.74) is 0. The molecule has 0 spiro atoms. The van der Waals surface area contributed by atoms with E-state index in [1.54, 1.807) is 0 Å². The van der Waals surface area contributed by atoms with Gasteiger partial charge < -0.3 is 20.3 Å². The molecule has 2 atom stereocenters. The van der Waals surface area contributed by atoms with E-state index in [1.165, 1.54) is 270 Å². The Morgan fingerprint density at radius 2 is 0.662 bits per heavy atom. The van der Waals surface area contributed by atoms with Gasteiger partial charge in [-0.05, 0) is 51.4 Å². The smallest absolute Gasteiger partial charge is 0.305 e. The van der Waals surface area contributed by atoms with E-state index < -0.39 is 12.1 Å². The van der Waals surface area contributed by atoms with Gasteiger partial charge in [0.2, 0.25) is 5.91 Å². The maximum atomic E-state index is 12.5. The van der Waals surface area contributed by atoms with Crippen LogP contribution in [0.5, 0.6) is 0 Å². The van der Waals surface area contributed by atoms with Crippen molar-refractivity contribution in [2.45, 2.75) is 379 Å². The summed E-state index contributed by atoms with van der Waals surface area (Å²) in [4.78, 5) is 24.6. The molecule has 0 bridgehead atoms. The van der Waals surface area contributed by atoms with E-state index in [4.69, 9.17) is 4.74 Å². The van der Waals surface area contributed by atoms with Crippen molar-refractivity contribution in [1.29, 1.82) is 0 Å². The molecule has 1 amide bonds. The first-order valence-electron chi connectivity index (χ1n) is 32.4. The van der Waals surface area contributed by atoms with Gasteiger partial charge in [0.25, 0.3) is 0 Å². The van der Waals surface area contributed by atoms with Crippen LogP contribution in [0.4, 0.5) is 0 Å². The minimum absolute atomic E-state index is 0.00233. The van der Waals surface area contributed by atoms with Crippen LogP contribution in [0.3, 0.4) is 0 Å². The lowest BCUT2D eigenvalue weighted by Crippen LogP contribution is -2.45. The average Bonchev–Trinajstić information content (AvgIpc) is 3.37. The lowest BCUT2D eigenvalue weighted by atomic mass is 10.0. The number of aliphatic hydroxyl groups is 2. The molecule has 0 saturated heterocycles. The van der Waals surface area contributed by atoms with Gasteiger partial charge in [0.1, 0.15) is 0 Å². The molecule has 0 aliphatic rings. The van der Waals surface area contributed by atoms with Crippen LogP contribution >= 0.6 is 0 Å². The van der Waals surface area contributed by atoms with Gasteiger partial charge in [-0.1, -0.05) is 315 Å². The lowest BCUT2D eigenvalue weighted by Gasteiger charge is -2.22. The Morgan fingerprint density at radius 3 is 1.00 bits per heavy atom. The maximum absolute atomic E-state index is 12.5. The van der Waals surface area contributed by atoms with Crippen molar-refractivity contribution in [2.24, 2.45) is 0 Å². The summed E-state index contributed by atoms with van der Waals surface area (Å²) in [6, 6.07) is -0.554. The molecule has 0 aliphatic carbocycles. The first kappa shape index (κ1) is 69.6. The number of carbonyl (C=O) groups is 2. The fraction of sp³-hybridized carbons (Fsp3) is 0.938. The summed E-state index contributed by atoms with van der Waals surface area (Å²) >= 11 is 0. The number of aliphatic hydroxyl groups excluding tert-OH is 2. The second-order valence-corrected chi connectivity index (χ2v) is 22.5. The number of rotatable bonds is 61. The number of hydrogen-bond donors (Lipinski definition) is 3. The molecule has 422 valence electrons. The summed E-state index contributed by atoms with van der Waals surface area (Å²) in [5, 5.41) is 23.4. The highest BCUT2D eigenvalue weighted by Gasteiger charge is 2.20. The van der Waals surface area contributed by atoms with Gasteiger partial charge >= 0.3 is 5.97 Å². The molecule has 0 saturated carbocycles. The van der Waals surface area contributed by atoms with Crippen molar-refractivity contribution in [1.82, 2.24) is 5.32 Å². The molecule has 3 N–H and O–H groups in total. The first-order chi connectivity index (χ1) is 35.0. The van der Waals surface area contributed by atoms with Gasteiger partial charge in [-0.15, -0.1) is 0 Å². The van der Waals surface area contributed by atoms with Crippen molar-refractivity contribution in [3.63, 3.8) is 0 Å². The van der Waals surface area contributed by atoms with Crippen LogP contribution in [0, 0.1) is 0 Å². The number of nitrogens with one attached hydrogen (secondary N) is 1. The topological polar surface area (TPSA) is 95.9 Å². The molecule has 6 heteroatoms. The van der Waals surface area contributed by atoms with Crippen LogP contribution in [0.1, 0.15) is 367 Å². The molecule has 0 heterocycles. The van der Waals surface area contributed by atoms with E-state index in [2.05, 4.69) is 31.3 Å². The largest absolute Gasteiger partial charge is 0.466 e. The molecular formula is C65H127NO5. The molecule has 0 radical (unpaired) electrons. The van der Waals surface area contributed by atoms with Crippen LogP contribution < -0.4 is 5.32 Å². The molecule has 6 nitrogen and oxygen atoms in total. The van der Waals surface area contributed by atoms with Crippen molar-refractivity contribution in [2.75, 3.05) is 13.2 Å². The van der Waals surface area contributed by atoms with Crippen molar-refractivity contribution in [3.05, 3.63) is 12.2 Å². The van der Waals surface area contributed by atoms with E-state index in [0.717, 1.165) is 64.2 Å². The second kappa shape index (κ2) is 61.1. The van der Waals surface area contributed by atoms with Crippen molar-refractivity contribution >= 4 is 11.9 Å². The number of unbranched alkanes of at least 4 members (excludes halogenated alkanes) is 48. The van der Waals surface area contributed by atoms with Crippen molar-refractivity contribution < 1.29 is 24.5 Å². The molecule has 0 aromatic carbocycles. The van der Waals surface area contributed by atoms with E-state index in [0.29, 0.717) is 25.9 Å². The summed E-state index contributed by atoms with van der Waals surface area (Å²) in [6.07, 6.45) is 73.7. The molecule has 0 rings (SSSR count). The number of carbonyl (C=O) groups excluding carboxylic acids is 2. The van der Waals surface area contributed by atoms with Gasteiger partial charge in [0, 0.05) is 12.8 Å². The number of hydrogen-bond acceptors (Lipinski definition) is 5. The standard InChI is InChI=1S/C65H127NO5/c1-3-5-7-9-11-13-15-17-19-21-22-23-24-26-29-33-37-41-45-49-53-57-63(68)62(61-67)66-64(69)58-54-50-46-42-38-34-30-27-28-32-36-40-44-48-52-56-60-71-65(70)59-55-51-47-43-39-35-31-25-20-18-16-14-12-10-8-6-4-2/h27,30,62-63,67-68H,3-26,28-29,31-61H2,1-2H3,(H,66,69)/b30-27-. The Labute approximate surface area is 444 Å². The highest BCUT2D eigenvalue weighted by Crippen LogP contribution is 2.18. The first-order valence-corrected chi connectivity index (χ1v) is 32.4. The Kier molecular flexibility index (Phi) is 59.9. The zero-order chi connectivity index (χ0) is 51.4. The van der Waals surface area contributed by atoms with Crippen LogP contribution in [0.2, 0.25) is 0 Å². The minimum atomic E-state index is -0.675. The lowest BCUT2D eigenvalue weighted by molar-refractivity contribution is -0.143. The van der Waals surface area contributed by atoms with Crippen LogP contribution in [-0.2, 0) is 14.3 Å². The number of ether oxygens (including phenoxy) is 1. The number of esters is 1. The summed E-state index contributed by atoms with van der Waals surface area (Å²) in [6.45, 7) is 4.97. The maximum Gasteiger partial charge on any atom is 0.305 e. The van der Waals surface area contributed by atoms with E-state index in [9.17, 15) is 19.8 Å². The summed E-state index contributed by atoms with van der Waals surface area (Å²) in [5.74, 6) is -0.0454. The molecule has 0 aromatic rings. The average molecular weight is 1000 g/mol. The molecule has 2 unspecified atom stereocenters. The van der Waals surface area contributed by atoms with E-state index in [1.807, 2.05) is 0 Å². The zero-order valence-electron chi connectivity index (χ0n) is 48.2. The van der Waals surface area contributed by atoms with Gasteiger partial charge in [-0.2, -0.15) is 0 Å². The summed E-state index contributed by atoms with van der Waals surface area (Å²) in [7, 11) is 0.